The number of carbonyl (C=O) groups excluding carboxylic acids is 1. The second-order valence-corrected chi connectivity index (χ2v) is 9.97. The summed E-state index contributed by atoms with van der Waals surface area (Å²) in [6, 6.07) is 8.55. The van der Waals surface area contributed by atoms with Crippen LogP contribution in [0.2, 0.25) is 0 Å². The molecule has 2 aliphatic carbocycles. The van der Waals surface area contributed by atoms with Crippen LogP contribution in [-0.2, 0) is 4.79 Å². The van der Waals surface area contributed by atoms with Crippen molar-refractivity contribution in [3.8, 4) is 0 Å². The van der Waals surface area contributed by atoms with Crippen LogP contribution in [0.5, 0.6) is 0 Å². The maximum absolute atomic E-state index is 14.9. The number of aromatic nitrogens is 1. The molecule has 3 N–H and O–H groups in total. The van der Waals surface area contributed by atoms with Crippen LogP contribution >= 0.6 is 11.6 Å². The molecular formula is C27H27ClF3N2O4+. The molecule has 0 aliphatic heterocycles. The molecule has 1 fully saturated rings. The zero-order valence-corrected chi connectivity index (χ0v) is 20.8. The molecule has 0 saturated heterocycles. The number of nitrogens with zero attached hydrogens (tertiary/aromatic N) is 1. The number of hydrogen-bond acceptors (Lipinski definition) is 3. The molecule has 2 atom stereocenters. The van der Waals surface area contributed by atoms with Crippen molar-refractivity contribution in [2.75, 3.05) is 5.32 Å². The highest BCUT2D eigenvalue weighted by Crippen LogP contribution is 2.41. The van der Waals surface area contributed by atoms with E-state index in [1.54, 1.807) is 0 Å². The zero-order chi connectivity index (χ0) is 26.9. The average Bonchev–Trinajstić information content (AvgIpc) is 2.83. The number of nitrogens with one attached hydrogen (secondary N) is 1. The van der Waals surface area contributed by atoms with Crippen molar-refractivity contribution in [2.24, 2.45) is 5.92 Å². The fourth-order valence-corrected chi connectivity index (χ4v) is 5.05. The van der Waals surface area contributed by atoms with Gasteiger partial charge < -0.3 is 10.4 Å². The number of carboxylic acid groups (broad SMARTS) is 1. The topological polar surface area (TPSA) is 90.5 Å². The summed E-state index contributed by atoms with van der Waals surface area (Å²) < 4.78 is 43.4. The van der Waals surface area contributed by atoms with E-state index in [0.29, 0.717) is 23.3 Å². The average molecular weight is 536 g/mol. The highest BCUT2D eigenvalue weighted by Gasteiger charge is 2.38. The first kappa shape index (κ1) is 26.7. The summed E-state index contributed by atoms with van der Waals surface area (Å²) in [7, 11) is 0. The van der Waals surface area contributed by atoms with E-state index in [0.717, 1.165) is 0 Å². The van der Waals surface area contributed by atoms with Gasteiger partial charge in [0.15, 0.2) is 0 Å². The van der Waals surface area contributed by atoms with Gasteiger partial charge >= 0.3 is 5.97 Å². The summed E-state index contributed by atoms with van der Waals surface area (Å²) in [4.78, 5) is 24.4. The third-order valence-electron chi connectivity index (χ3n) is 6.94. The summed E-state index contributed by atoms with van der Waals surface area (Å²) in [5.74, 6) is -3.29. The van der Waals surface area contributed by atoms with E-state index in [-0.39, 0.29) is 58.2 Å². The smallest absolute Gasteiger partial charge is 0.335 e. The van der Waals surface area contributed by atoms with Gasteiger partial charge in [-0.25, -0.2) is 18.0 Å². The monoisotopic (exact) mass is 535 g/mol. The van der Waals surface area contributed by atoms with E-state index in [4.69, 9.17) is 16.7 Å². The van der Waals surface area contributed by atoms with Gasteiger partial charge in [0.1, 0.15) is 24.1 Å². The third kappa shape index (κ3) is 5.82. The van der Waals surface area contributed by atoms with Gasteiger partial charge in [0.2, 0.25) is 17.8 Å². The van der Waals surface area contributed by atoms with Crippen molar-refractivity contribution in [3.63, 3.8) is 0 Å². The SMILES string of the molecule is CC(F)C1=C(c2ccc(C(CC3CC(F)C3)C(=O)Nc3ccc(C(=O)O)cc3)[n+](O)c2)C(F)=C(Cl)CC1. The fraction of sp³-hybridized carbons (Fsp3) is 0.370. The van der Waals surface area contributed by atoms with Gasteiger partial charge in [-0.3, -0.25) is 10.0 Å². The summed E-state index contributed by atoms with van der Waals surface area (Å²) in [6.07, 6.45) is 0.154. The number of hydrogen-bond donors (Lipinski definition) is 3. The molecule has 0 spiro atoms. The first-order valence-electron chi connectivity index (χ1n) is 12.0. The van der Waals surface area contributed by atoms with E-state index in [1.165, 1.54) is 49.5 Å². The van der Waals surface area contributed by atoms with Gasteiger partial charge in [-0.15, -0.1) is 0 Å². The lowest BCUT2D eigenvalue weighted by molar-refractivity contribution is -0.910. The number of benzene rings is 1. The Labute approximate surface area is 217 Å². The normalized spacial score (nSPS) is 21.3. The lowest BCUT2D eigenvalue weighted by Crippen LogP contribution is -2.41. The highest BCUT2D eigenvalue weighted by molar-refractivity contribution is 6.31. The number of halogens is 4. The Bertz CT molecular complexity index is 1270. The standard InChI is InChI=1S/C27H26ClF3N2O4/c1-14(29)20-7-8-22(28)25(31)24(20)17-4-9-23(33(37)13-17)21(12-15-10-18(30)11-15)26(34)32-19-5-2-16(3-6-19)27(35)36/h2-6,9,13-15,18,21H,7-8,10-12H2,1H3,(H2-,32,34,35,36,37)/p+1. The number of anilines is 1. The molecule has 0 radical (unpaired) electrons. The summed E-state index contributed by atoms with van der Waals surface area (Å²) in [5, 5.41) is 22.6. The lowest BCUT2D eigenvalue weighted by atomic mass is 9.76. The largest absolute Gasteiger partial charge is 0.478 e. The van der Waals surface area contributed by atoms with Crippen molar-refractivity contribution in [1.82, 2.24) is 0 Å². The third-order valence-corrected chi connectivity index (χ3v) is 7.30. The van der Waals surface area contributed by atoms with Crippen LogP contribution in [0.25, 0.3) is 5.57 Å². The van der Waals surface area contributed by atoms with Crippen LogP contribution in [0.4, 0.5) is 18.9 Å². The maximum Gasteiger partial charge on any atom is 0.335 e. The molecule has 1 heterocycles. The van der Waals surface area contributed by atoms with Crippen molar-refractivity contribution < 1.29 is 37.8 Å². The molecule has 2 aromatic rings. The minimum atomic E-state index is -1.42. The molecule has 10 heteroatoms. The first-order valence-corrected chi connectivity index (χ1v) is 12.4. The number of amides is 1. The van der Waals surface area contributed by atoms with E-state index >= 15 is 0 Å². The molecule has 196 valence electrons. The van der Waals surface area contributed by atoms with E-state index in [9.17, 15) is 28.0 Å². The maximum atomic E-state index is 14.9. The number of pyridine rings is 1. The summed E-state index contributed by atoms with van der Waals surface area (Å²) in [5.41, 5.74) is 1.03. The molecule has 1 aromatic carbocycles. The van der Waals surface area contributed by atoms with Gasteiger partial charge in [-0.1, -0.05) is 11.6 Å². The van der Waals surface area contributed by atoms with Crippen molar-refractivity contribution in [3.05, 3.63) is 75.8 Å². The second-order valence-electron chi connectivity index (χ2n) is 9.52. The lowest BCUT2D eigenvalue weighted by Gasteiger charge is -2.31. The van der Waals surface area contributed by atoms with Crippen molar-refractivity contribution >= 4 is 34.7 Å². The van der Waals surface area contributed by atoms with Crippen LogP contribution in [0.1, 0.15) is 66.6 Å². The van der Waals surface area contributed by atoms with Gasteiger partial charge in [0.25, 0.3) is 0 Å². The zero-order valence-electron chi connectivity index (χ0n) is 20.1. The number of carbonyl (C=O) groups is 2. The van der Waals surface area contributed by atoms with Crippen LogP contribution < -0.4 is 10.0 Å². The molecule has 6 nitrogen and oxygen atoms in total. The molecule has 37 heavy (non-hydrogen) atoms. The molecule has 4 rings (SSSR count). The summed E-state index contributed by atoms with van der Waals surface area (Å²) >= 11 is 6.00. The first-order chi connectivity index (χ1) is 17.5. The van der Waals surface area contributed by atoms with Gasteiger partial charge in [0.05, 0.1) is 16.2 Å². The Hall–Kier alpha value is -3.33. The fourth-order valence-electron chi connectivity index (χ4n) is 4.86. The number of alkyl halides is 2. The minimum absolute atomic E-state index is 0.0145. The summed E-state index contributed by atoms with van der Waals surface area (Å²) in [6.45, 7) is 1.31. The number of rotatable bonds is 8. The molecule has 1 saturated carbocycles. The van der Waals surface area contributed by atoms with Crippen LogP contribution in [0, 0.1) is 5.92 Å². The number of carboxylic acids is 1. The molecule has 2 aliphatic rings. The molecule has 0 bridgehead atoms. The number of aromatic carboxylic acids is 1. The quantitative estimate of drug-likeness (QED) is 0.281. The second kappa shape index (κ2) is 11.0. The van der Waals surface area contributed by atoms with Gasteiger partial charge in [0, 0.05) is 22.1 Å². The number of allylic oxidation sites excluding steroid dienone is 4. The molecule has 1 aromatic heterocycles. The van der Waals surface area contributed by atoms with Crippen molar-refractivity contribution in [1.29, 1.82) is 0 Å². The van der Waals surface area contributed by atoms with Crippen molar-refractivity contribution in [2.45, 2.75) is 57.3 Å². The van der Waals surface area contributed by atoms with Crippen LogP contribution in [-0.4, -0.2) is 34.5 Å². The van der Waals surface area contributed by atoms with E-state index in [1.807, 2.05) is 0 Å². The van der Waals surface area contributed by atoms with E-state index < -0.39 is 36.0 Å². The Kier molecular flexibility index (Phi) is 7.92. The Morgan fingerprint density at radius 3 is 2.41 bits per heavy atom. The highest BCUT2D eigenvalue weighted by atomic mass is 35.5. The molecule has 1 amide bonds. The molecule has 2 unspecified atom stereocenters. The minimum Gasteiger partial charge on any atom is -0.478 e. The van der Waals surface area contributed by atoms with Crippen LogP contribution in [0.15, 0.2) is 59.0 Å². The predicted octanol–water partition coefficient (Wildman–Crippen LogP) is 6.10. The van der Waals surface area contributed by atoms with Gasteiger partial charge in [-0.2, -0.15) is 0 Å². The van der Waals surface area contributed by atoms with Gasteiger partial charge in [-0.05, 0) is 80.9 Å². The molecular weight excluding hydrogens is 509 g/mol. The van der Waals surface area contributed by atoms with E-state index in [2.05, 4.69) is 5.32 Å². The van der Waals surface area contributed by atoms with Crippen LogP contribution in [0.3, 0.4) is 0 Å². The Balaban J connectivity index is 1.65. The Morgan fingerprint density at radius 1 is 1.16 bits per heavy atom. The predicted molar refractivity (Wildman–Crippen MR) is 132 cm³/mol. The Morgan fingerprint density at radius 2 is 1.84 bits per heavy atom.